The van der Waals surface area contributed by atoms with E-state index in [1.54, 1.807) is 25.3 Å². The van der Waals surface area contributed by atoms with E-state index in [-0.39, 0.29) is 11.9 Å². The highest BCUT2D eigenvalue weighted by molar-refractivity contribution is 6.42. The van der Waals surface area contributed by atoms with Crippen molar-refractivity contribution >= 4 is 40.0 Å². The molecule has 1 atom stereocenters. The topological polar surface area (TPSA) is 54.1 Å². The molecule has 134 valence electrons. The zero-order chi connectivity index (χ0) is 18.3. The van der Waals surface area contributed by atoms with Crippen LogP contribution in [0.2, 0.25) is 10.0 Å². The molecule has 1 aliphatic carbocycles. The second-order valence-corrected chi connectivity index (χ2v) is 7.35. The molecule has 3 aromatic rings. The lowest BCUT2D eigenvalue weighted by atomic mass is 9.91. The number of halogens is 2. The summed E-state index contributed by atoms with van der Waals surface area (Å²) in [6.07, 6.45) is 2.58. The van der Waals surface area contributed by atoms with Gasteiger partial charge in [0, 0.05) is 28.2 Å². The number of amides is 1. The zero-order valence-corrected chi connectivity index (χ0v) is 15.7. The van der Waals surface area contributed by atoms with Gasteiger partial charge in [0.2, 0.25) is 0 Å². The molecule has 2 N–H and O–H groups in total. The van der Waals surface area contributed by atoms with E-state index in [1.165, 1.54) is 11.3 Å². The van der Waals surface area contributed by atoms with Crippen LogP contribution in [-0.4, -0.2) is 24.0 Å². The van der Waals surface area contributed by atoms with E-state index in [0.717, 1.165) is 35.9 Å². The molecule has 1 amide bonds. The van der Waals surface area contributed by atoms with Gasteiger partial charge in [0.15, 0.2) is 0 Å². The maximum atomic E-state index is 12.6. The summed E-state index contributed by atoms with van der Waals surface area (Å²) in [5.41, 5.74) is 4.12. The number of carbonyl (C=O) groups excluding carboxylic acids is 1. The van der Waals surface area contributed by atoms with Crippen LogP contribution in [0.25, 0.3) is 10.9 Å². The average molecular weight is 389 g/mol. The first-order valence-corrected chi connectivity index (χ1v) is 9.24. The van der Waals surface area contributed by atoms with E-state index in [0.29, 0.717) is 15.6 Å². The summed E-state index contributed by atoms with van der Waals surface area (Å²) in [6.45, 7) is 0. The molecule has 1 aromatic heterocycles. The van der Waals surface area contributed by atoms with Crippen molar-refractivity contribution < 1.29 is 9.53 Å². The van der Waals surface area contributed by atoms with Gasteiger partial charge in [0.1, 0.15) is 5.75 Å². The van der Waals surface area contributed by atoms with Crippen molar-refractivity contribution in [2.24, 2.45) is 0 Å². The van der Waals surface area contributed by atoms with E-state index in [2.05, 4.69) is 10.3 Å². The highest BCUT2D eigenvalue weighted by Gasteiger charge is 2.24. The number of carbonyl (C=O) groups is 1. The Hall–Kier alpha value is -2.17. The Morgan fingerprint density at radius 2 is 2.04 bits per heavy atom. The lowest BCUT2D eigenvalue weighted by molar-refractivity contribution is 0.0933. The number of hydrogen-bond acceptors (Lipinski definition) is 2. The molecular formula is C20H18Cl2N2O2. The van der Waals surface area contributed by atoms with E-state index >= 15 is 0 Å². The Bertz CT molecular complexity index is 997. The normalized spacial score (nSPS) is 16.3. The standard InChI is InChI=1S/C20H18Cl2N2O2/c1-26-13-4-7-19-15(10-13)14-9-12(3-6-18(14)24-19)23-20(25)11-2-5-16(21)17(22)8-11/h2,4-5,7-8,10,12,24H,3,6,9H2,1H3,(H,23,25). The fourth-order valence-electron chi connectivity index (χ4n) is 3.55. The third-order valence-corrected chi connectivity index (χ3v) is 5.65. The SMILES string of the molecule is COc1ccc2[nH]c3c(c2c1)CC(NC(=O)c1ccc(Cl)c(Cl)c1)CC3. The second kappa shape index (κ2) is 6.86. The fourth-order valence-corrected chi connectivity index (χ4v) is 3.85. The molecule has 0 spiro atoms. The van der Waals surface area contributed by atoms with Crippen LogP contribution >= 0.6 is 23.2 Å². The molecule has 0 saturated heterocycles. The van der Waals surface area contributed by atoms with Crippen LogP contribution in [0.15, 0.2) is 36.4 Å². The summed E-state index contributed by atoms with van der Waals surface area (Å²) >= 11 is 11.9. The van der Waals surface area contributed by atoms with Crippen molar-refractivity contribution in [1.82, 2.24) is 10.3 Å². The predicted octanol–water partition coefficient (Wildman–Crippen LogP) is 4.77. The number of rotatable bonds is 3. The van der Waals surface area contributed by atoms with Gasteiger partial charge in [0.05, 0.1) is 17.2 Å². The number of H-pyrrole nitrogens is 1. The molecule has 0 bridgehead atoms. The van der Waals surface area contributed by atoms with Gasteiger partial charge in [-0.05, 0) is 61.2 Å². The van der Waals surface area contributed by atoms with E-state index in [1.807, 2.05) is 18.2 Å². The molecule has 0 fully saturated rings. The molecule has 4 rings (SSSR count). The lowest BCUT2D eigenvalue weighted by Gasteiger charge is -2.24. The first-order chi connectivity index (χ1) is 12.5. The highest BCUT2D eigenvalue weighted by Crippen LogP contribution is 2.32. The molecule has 1 unspecified atom stereocenters. The number of fused-ring (bicyclic) bond motifs is 3. The van der Waals surface area contributed by atoms with Crippen LogP contribution in [0.4, 0.5) is 0 Å². The van der Waals surface area contributed by atoms with Gasteiger partial charge >= 0.3 is 0 Å². The highest BCUT2D eigenvalue weighted by atomic mass is 35.5. The van der Waals surface area contributed by atoms with Crippen LogP contribution < -0.4 is 10.1 Å². The van der Waals surface area contributed by atoms with Crippen molar-refractivity contribution in [3.05, 3.63) is 63.3 Å². The minimum atomic E-state index is -0.130. The van der Waals surface area contributed by atoms with Crippen LogP contribution in [0, 0.1) is 0 Å². The molecule has 6 heteroatoms. The minimum absolute atomic E-state index is 0.0784. The number of nitrogens with one attached hydrogen (secondary N) is 2. The van der Waals surface area contributed by atoms with Gasteiger partial charge in [-0.3, -0.25) is 4.79 Å². The number of methoxy groups -OCH3 is 1. The fraction of sp³-hybridized carbons (Fsp3) is 0.250. The Morgan fingerprint density at radius 3 is 2.81 bits per heavy atom. The summed E-state index contributed by atoms with van der Waals surface area (Å²) < 4.78 is 5.35. The van der Waals surface area contributed by atoms with Crippen LogP contribution in [0.5, 0.6) is 5.75 Å². The molecule has 26 heavy (non-hydrogen) atoms. The second-order valence-electron chi connectivity index (χ2n) is 6.54. The van der Waals surface area contributed by atoms with Gasteiger partial charge in [0.25, 0.3) is 5.91 Å². The largest absolute Gasteiger partial charge is 0.497 e. The summed E-state index contributed by atoms with van der Waals surface area (Å²) in [6, 6.07) is 11.1. The van der Waals surface area contributed by atoms with Gasteiger partial charge in [-0.1, -0.05) is 23.2 Å². The number of aromatic nitrogens is 1. The third-order valence-electron chi connectivity index (χ3n) is 4.91. The summed E-state index contributed by atoms with van der Waals surface area (Å²) in [7, 11) is 1.67. The Kier molecular flexibility index (Phi) is 4.55. The number of aromatic amines is 1. The molecule has 1 aliphatic rings. The smallest absolute Gasteiger partial charge is 0.251 e. The van der Waals surface area contributed by atoms with E-state index < -0.39 is 0 Å². The number of hydrogen-bond donors (Lipinski definition) is 2. The first kappa shape index (κ1) is 17.3. The molecule has 0 radical (unpaired) electrons. The molecule has 0 aliphatic heterocycles. The van der Waals surface area contributed by atoms with Crippen LogP contribution in [0.3, 0.4) is 0 Å². The summed E-state index contributed by atoms with van der Waals surface area (Å²) in [5, 5.41) is 5.11. The maximum absolute atomic E-state index is 12.6. The van der Waals surface area contributed by atoms with Gasteiger partial charge in [-0.2, -0.15) is 0 Å². The summed E-state index contributed by atoms with van der Waals surface area (Å²) in [4.78, 5) is 16.0. The molecule has 1 heterocycles. The Balaban J connectivity index is 1.56. The van der Waals surface area contributed by atoms with Crippen molar-refractivity contribution in [1.29, 1.82) is 0 Å². The number of ether oxygens (including phenoxy) is 1. The van der Waals surface area contributed by atoms with Crippen LogP contribution in [-0.2, 0) is 12.8 Å². The van der Waals surface area contributed by atoms with Crippen molar-refractivity contribution in [3.8, 4) is 5.75 Å². The van der Waals surface area contributed by atoms with Gasteiger partial charge in [-0.15, -0.1) is 0 Å². The van der Waals surface area contributed by atoms with Crippen LogP contribution in [0.1, 0.15) is 28.0 Å². The average Bonchev–Trinajstić information content (AvgIpc) is 3.01. The first-order valence-electron chi connectivity index (χ1n) is 8.48. The monoisotopic (exact) mass is 388 g/mol. The molecule has 0 saturated carbocycles. The van der Waals surface area contributed by atoms with Gasteiger partial charge < -0.3 is 15.0 Å². The molecular weight excluding hydrogens is 371 g/mol. The van der Waals surface area contributed by atoms with Crippen molar-refractivity contribution in [2.45, 2.75) is 25.3 Å². The van der Waals surface area contributed by atoms with Gasteiger partial charge in [-0.25, -0.2) is 0 Å². The molecule has 2 aromatic carbocycles. The predicted molar refractivity (Wildman–Crippen MR) is 105 cm³/mol. The van der Waals surface area contributed by atoms with Crippen molar-refractivity contribution in [3.63, 3.8) is 0 Å². The summed E-state index contributed by atoms with van der Waals surface area (Å²) in [5.74, 6) is 0.704. The third kappa shape index (κ3) is 3.15. The molecule has 4 nitrogen and oxygen atoms in total. The zero-order valence-electron chi connectivity index (χ0n) is 14.2. The lowest BCUT2D eigenvalue weighted by Crippen LogP contribution is -2.38. The van der Waals surface area contributed by atoms with E-state index in [9.17, 15) is 4.79 Å². The number of aryl methyl sites for hydroxylation is 1. The Labute approximate surface area is 161 Å². The van der Waals surface area contributed by atoms with E-state index in [4.69, 9.17) is 27.9 Å². The maximum Gasteiger partial charge on any atom is 0.251 e. The van der Waals surface area contributed by atoms with Crippen molar-refractivity contribution in [2.75, 3.05) is 7.11 Å². The minimum Gasteiger partial charge on any atom is -0.497 e. The number of benzene rings is 2. The quantitative estimate of drug-likeness (QED) is 0.678. The Morgan fingerprint density at radius 1 is 1.19 bits per heavy atom.